The fourth-order valence-corrected chi connectivity index (χ4v) is 3.16. The summed E-state index contributed by atoms with van der Waals surface area (Å²) in [4.78, 5) is 4.26. The SMILES string of the molecule is O=S(=O)(Nc1nccc2ccccc12)c1ccc(Cl)cc1. The molecule has 1 heterocycles. The third kappa shape index (κ3) is 2.84. The highest BCUT2D eigenvalue weighted by molar-refractivity contribution is 7.92. The third-order valence-electron chi connectivity index (χ3n) is 3.03. The van der Waals surface area contributed by atoms with E-state index in [9.17, 15) is 8.42 Å². The zero-order valence-corrected chi connectivity index (χ0v) is 12.4. The number of halogens is 1. The van der Waals surface area contributed by atoms with Gasteiger partial charge < -0.3 is 0 Å². The predicted octanol–water partition coefficient (Wildman–Crippen LogP) is 3.69. The van der Waals surface area contributed by atoms with E-state index in [2.05, 4.69) is 9.71 Å². The van der Waals surface area contributed by atoms with Crippen LogP contribution >= 0.6 is 11.6 Å². The van der Waals surface area contributed by atoms with Crippen molar-refractivity contribution >= 4 is 38.2 Å². The summed E-state index contributed by atoms with van der Waals surface area (Å²) >= 11 is 5.77. The number of hydrogen-bond donors (Lipinski definition) is 1. The monoisotopic (exact) mass is 318 g/mol. The van der Waals surface area contributed by atoms with Gasteiger partial charge in [0.05, 0.1) is 4.90 Å². The molecule has 0 aliphatic heterocycles. The number of fused-ring (bicyclic) bond motifs is 1. The highest BCUT2D eigenvalue weighted by Gasteiger charge is 2.16. The van der Waals surface area contributed by atoms with Gasteiger partial charge in [0.2, 0.25) is 0 Å². The van der Waals surface area contributed by atoms with Crippen LogP contribution in [0.4, 0.5) is 5.82 Å². The number of aromatic nitrogens is 1. The number of hydrogen-bond acceptors (Lipinski definition) is 3. The standard InChI is InChI=1S/C15H11ClN2O2S/c16-12-5-7-13(8-6-12)21(19,20)18-15-14-4-2-1-3-11(14)9-10-17-15/h1-10H,(H,17,18). The molecule has 3 rings (SSSR count). The molecule has 0 saturated heterocycles. The van der Waals surface area contributed by atoms with Crippen molar-refractivity contribution in [2.45, 2.75) is 4.90 Å². The molecule has 0 bridgehead atoms. The Labute approximate surface area is 127 Å². The van der Waals surface area contributed by atoms with Gasteiger partial charge >= 0.3 is 0 Å². The zero-order valence-electron chi connectivity index (χ0n) is 10.8. The minimum Gasteiger partial charge on any atom is -0.263 e. The smallest absolute Gasteiger partial charge is 0.263 e. The molecule has 0 radical (unpaired) electrons. The van der Waals surface area contributed by atoms with Crippen molar-refractivity contribution in [3.63, 3.8) is 0 Å². The molecule has 0 saturated carbocycles. The molecule has 0 atom stereocenters. The number of anilines is 1. The lowest BCUT2D eigenvalue weighted by Gasteiger charge is -2.09. The van der Waals surface area contributed by atoms with E-state index in [4.69, 9.17) is 11.6 Å². The molecule has 21 heavy (non-hydrogen) atoms. The van der Waals surface area contributed by atoms with Gasteiger partial charge in [-0.3, -0.25) is 4.72 Å². The van der Waals surface area contributed by atoms with Gasteiger partial charge in [0.25, 0.3) is 10.0 Å². The second-order valence-electron chi connectivity index (χ2n) is 4.44. The lowest BCUT2D eigenvalue weighted by molar-refractivity contribution is 0.601. The van der Waals surface area contributed by atoms with Crippen molar-refractivity contribution in [1.29, 1.82) is 0 Å². The van der Waals surface area contributed by atoms with Crippen LogP contribution in [0.1, 0.15) is 0 Å². The van der Waals surface area contributed by atoms with Crippen molar-refractivity contribution in [2.75, 3.05) is 4.72 Å². The summed E-state index contributed by atoms with van der Waals surface area (Å²) < 4.78 is 27.2. The van der Waals surface area contributed by atoms with Gasteiger partial charge in [0.15, 0.2) is 0 Å². The first-order chi connectivity index (χ1) is 10.1. The molecular formula is C15H11ClN2O2S. The topological polar surface area (TPSA) is 59.1 Å². The van der Waals surface area contributed by atoms with Crippen LogP contribution in [-0.4, -0.2) is 13.4 Å². The molecule has 106 valence electrons. The van der Waals surface area contributed by atoms with Crippen LogP contribution in [0.2, 0.25) is 5.02 Å². The fourth-order valence-electron chi connectivity index (χ4n) is 2.00. The summed E-state index contributed by atoms with van der Waals surface area (Å²) in [5, 5.41) is 2.15. The third-order valence-corrected chi connectivity index (χ3v) is 4.64. The van der Waals surface area contributed by atoms with Crippen LogP contribution in [0.5, 0.6) is 0 Å². The molecule has 0 spiro atoms. The number of rotatable bonds is 3. The summed E-state index contributed by atoms with van der Waals surface area (Å²) in [6, 6.07) is 15.3. The summed E-state index contributed by atoms with van der Waals surface area (Å²) in [6.45, 7) is 0. The molecule has 1 aromatic heterocycles. The molecule has 3 aromatic rings. The maximum atomic E-state index is 12.4. The first-order valence-electron chi connectivity index (χ1n) is 6.18. The van der Waals surface area contributed by atoms with E-state index in [0.717, 1.165) is 10.8 Å². The fraction of sp³-hybridized carbons (Fsp3) is 0. The maximum absolute atomic E-state index is 12.4. The highest BCUT2D eigenvalue weighted by atomic mass is 35.5. The van der Waals surface area contributed by atoms with E-state index in [1.165, 1.54) is 24.3 Å². The van der Waals surface area contributed by atoms with Crippen LogP contribution in [0, 0.1) is 0 Å². The minimum atomic E-state index is -3.69. The van der Waals surface area contributed by atoms with Crippen molar-refractivity contribution in [2.24, 2.45) is 0 Å². The lowest BCUT2D eigenvalue weighted by Crippen LogP contribution is -2.14. The Morgan fingerprint density at radius 2 is 1.67 bits per heavy atom. The average molecular weight is 319 g/mol. The molecule has 0 amide bonds. The van der Waals surface area contributed by atoms with Crippen LogP contribution in [0.3, 0.4) is 0 Å². The Kier molecular flexibility index (Phi) is 3.53. The van der Waals surface area contributed by atoms with Gasteiger partial charge in [0.1, 0.15) is 5.82 Å². The highest BCUT2D eigenvalue weighted by Crippen LogP contribution is 2.23. The van der Waals surface area contributed by atoms with Crippen LogP contribution in [0.15, 0.2) is 65.7 Å². The van der Waals surface area contributed by atoms with Crippen LogP contribution < -0.4 is 4.72 Å². The summed E-state index contributed by atoms with van der Waals surface area (Å²) in [5.74, 6) is 0.308. The summed E-state index contributed by atoms with van der Waals surface area (Å²) in [6.07, 6.45) is 1.57. The van der Waals surface area contributed by atoms with Crippen molar-refractivity contribution in [1.82, 2.24) is 4.98 Å². The Morgan fingerprint density at radius 3 is 2.43 bits per heavy atom. The van der Waals surface area contributed by atoms with Crippen molar-refractivity contribution < 1.29 is 8.42 Å². The molecule has 0 aliphatic carbocycles. The summed E-state index contributed by atoms with van der Waals surface area (Å²) in [7, 11) is -3.69. The number of benzene rings is 2. The van der Waals surface area contributed by atoms with E-state index >= 15 is 0 Å². The minimum absolute atomic E-state index is 0.140. The Bertz CT molecular complexity index is 888. The molecule has 4 nitrogen and oxygen atoms in total. The van der Waals surface area contributed by atoms with E-state index in [1.807, 2.05) is 30.3 Å². The molecule has 1 N–H and O–H groups in total. The number of nitrogens with one attached hydrogen (secondary N) is 1. The molecule has 2 aromatic carbocycles. The maximum Gasteiger partial charge on any atom is 0.263 e. The van der Waals surface area contributed by atoms with Crippen molar-refractivity contribution in [3.8, 4) is 0 Å². The van der Waals surface area contributed by atoms with E-state index < -0.39 is 10.0 Å². The Hall–Kier alpha value is -2.11. The van der Waals surface area contributed by atoms with Crippen LogP contribution in [0.25, 0.3) is 10.8 Å². The second-order valence-corrected chi connectivity index (χ2v) is 6.56. The zero-order chi connectivity index (χ0) is 14.9. The lowest BCUT2D eigenvalue weighted by atomic mass is 10.2. The second kappa shape index (κ2) is 5.35. The van der Waals surface area contributed by atoms with Crippen LogP contribution in [-0.2, 0) is 10.0 Å². The van der Waals surface area contributed by atoms with E-state index in [1.54, 1.807) is 6.20 Å². The molecule has 0 fully saturated rings. The number of pyridine rings is 1. The van der Waals surface area contributed by atoms with Gasteiger partial charge in [-0.05, 0) is 35.7 Å². The van der Waals surface area contributed by atoms with Gasteiger partial charge in [-0.1, -0.05) is 35.9 Å². The molecular weight excluding hydrogens is 308 g/mol. The van der Waals surface area contributed by atoms with E-state index in [-0.39, 0.29) is 4.90 Å². The van der Waals surface area contributed by atoms with E-state index in [0.29, 0.717) is 10.8 Å². The van der Waals surface area contributed by atoms with Gasteiger partial charge in [-0.2, -0.15) is 0 Å². The number of nitrogens with zero attached hydrogens (tertiary/aromatic N) is 1. The first kappa shape index (κ1) is 13.9. The quantitative estimate of drug-likeness (QED) is 0.801. The normalized spacial score (nSPS) is 11.5. The predicted molar refractivity (Wildman–Crippen MR) is 84.0 cm³/mol. The van der Waals surface area contributed by atoms with Gasteiger partial charge in [0, 0.05) is 16.6 Å². The largest absolute Gasteiger partial charge is 0.263 e. The van der Waals surface area contributed by atoms with Gasteiger partial charge in [-0.15, -0.1) is 0 Å². The molecule has 6 heteroatoms. The number of sulfonamides is 1. The Balaban J connectivity index is 2.03. The average Bonchev–Trinajstić information content (AvgIpc) is 2.48. The molecule has 0 unspecified atom stereocenters. The first-order valence-corrected chi connectivity index (χ1v) is 8.04. The molecule has 0 aliphatic rings. The van der Waals surface area contributed by atoms with Gasteiger partial charge in [-0.25, -0.2) is 13.4 Å². The summed E-state index contributed by atoms with van der Waals surface area (Å²) in [5.41, 5.74) is 0. The van der Waals surface area contributed by atoms with Crippen molar-refractivity contribution in [3.05, 3.63) is 65.8 Å². The Morgan fingerprint density at radius 1 is 0.952 bits per heavy atom.